The largest absolute Gasteiger partial charge is 0.304 e. The summed E-state index contributed by atoms with van der Waals surface area (Å²) >= 11 is 0. The Morgan fingerprint density at radius 2 is 0.774 bits per heavy atom. The predicted octanol–water partition coefficient (Wildman–Crippen LogP) is 13.2. The molecule has 0 spiro atoms. The van der Waals surface area contributed by atoms with Crippen molar-refractivity contribution in [1.82, 2.24) is 9.80 Å². The highest BCUT2D eigenvalue weighted by Crippen LogP contribution is 2.56. The van der Waals surface area contributed by atoms with E-state index in [-0.39, 0.29) is 16.2 Å². The molecular formula is C51H72N2. The summed E-state index contributed by atoms with van der Waals surface area (Å²) in [5, 5.41) is 0. The van der Waals surface area contributed by atoms with E-state index in [0.29, 0.717) is 0 Å². The molecule has 0 aromatic heterocycles. The van der Waals surface area contributed by atoms with Crippen LogP contribution in [0.25, 0.3) is 11.1 Å². The van der Waals surface area contributed by atoms with E-state index in [0.717, 1.165) is 26.2 Å². The van der Waals surface area contributed by atoms with E-state index in [1.54, 1.807) is 11.1 Å². The highest BCUT2D eigenvalue weighted by Gasteiger charge is 2.44. The summed E-state index contributed by atoms with van der Waals surface area (Å²) in [6, 6.07) is 37.5. The smallest absolute Gasteiger partial charge is 0.0215 e. The van der Waals surface area contributed by atoms with Crippen molar-refractivity contribution < 1.29 is 0 Å². The molecule has 0 saturated heterocycles. The van der Waals surface area contributed by atoms with Crippen molar-refractivity contribution in [3.05, 3.63) is 130 Å². The lowest BCUT2D eigenvalue weighted by atomic mass is 9.68. The second kappa shape index (κ2) is 18.9. The minimum atomic E-state index is -0.0773. The first kappa shape index (κ1) is 41.0. The summed E-state index contributed by atoms with van der Waals surface area (Å²) in [6.45, 7) is 26.0. The van der Waals surface area contributed by atoms with Crippen LogP contribution < -0.4 is 0 Å². The monoisotopic (exact) mass is 713 g/mol. The molecule has 286 valence electrons. The quantitative estimate of drug-likeness (QED) is 0.0749. The fourth-order valence-electron chi connectivity index (χ4n) is 9.29. The van der Waals surface area contributed by atoms with Crippen LogP contribution in [-0.4, -0.2) is 49.1 Å². The summed E-state index contributed by atoms with van der Waals surface area (Å²) in [5.41, 5.74) is 11.6. The average Bonchev–Trinajstić information content (AvgIpc) is 3.46. The number of fused-ring (bicyclic) bond motifs is 3. The van der Waals surface area contributed by atoms with Crippen LogP contribution >= 0.6 is 0 Å². The van der Waals surface area contributed by atoms with Crippen molar-refractivity contribution >= 4 is 0 Å². The number of rotatable bonds is 22. The molecule has 0 aliphatic heterocycles. The standard InChI is InChI=1S/C51H72N2/c1-9-52(10-2)37-25-15-13-23-35-51(36-24-14-16-26-38-53(11-3)12-4)47-39-43(49(5,6)41-27-19-17-20-28-41)31-33-45(47)46-34-32-44(40-48(46)51)50(7,8)42-29-21-18-22-30-42/h17-22,27-34,39-40H,9-16,23-26,35-38H2,1-8H3. The van der Waals surface area contributed by atoms with E-state index in [1.807, 2.05) is 0 Å². The lowest BCUT2D eigenvalue weighted by Crippen LogP contribution is -2.28. The van der Waals surface area contributed by atoms with Gasteiger partial charge in [-0.3, -0.25) is 0 Å². The lowest BCUT2D eigenvalue weighted by molar-refractivity contribution is 0.292. The maximum atomic E-state index is 2.66. The zero-order chi connectivity index (χ0) is 37.9. The molecule has 2 heteroatoms. The molecule has 4 aromatic rings. The first-order chi connectivity index (χ1) is 25.6. The molecule has 0 N–H and O–H groups in total. The predicted molar refractivity (Wildman–Crippen MR) is 232 cm³/mol. The maximum absolute atomic E-state index is 2.66. The van der Waals surface area contributed by atoms with Crippen LogP contribution in [0.15, 0.2) is 97.1 Å². The third kappa shape index (κ3) is 9.37. The molecule has 0 saturated carbocycles. The second-order valence-corrected chi connectivity index (χ2v) is 17.0. The number of hydrogen-bond acceptors (Lipinski definition) is 2. The van der Waals surface area contributed by atoms with Gasteiger partial charge in [0.05, 0.1) is 0 Å². The van der Waals surface area contributed by atoms with E-state index >= 15 is 0 Å². The normalized spacial score (nSPS) is 13.8. The van der Waals surface area contributed by atoms with Gasteiger partial charge in [0.15, 0.2) is 0 Å². The molecule has 0 heterocycles. The van der Waals surface area contributed by atoms with E-state index in [9.17, 15) is 0 Å². The molecular weight excluding hydrogens is 641 g/mol. The Labute approximate surface area is 325 Å². The van der Waals surface area contributed by atoms with Crippen LogP contribution in [0.1, 0.15) is 153 Å². The third-order valence-electron chi connectivity index (χ3n) is 13.2. The molecule has 1 aliphatic carbocycles. The van der Waals surface area contributed by atoms with Gasteiger partial charge >= 0.3 is 0 Å². The van der Waals surface area contributed by atoms with Gasteiger partial charge in [0.25, 0.3) is 0 Å². The molecule has 1 aliphatic rings. The van der Waals surface area contributed by atoms with E-state index in [4.69, 9.17) is 0 Å². The van der Waals surface area contributed by atoms with Crippen LogP contribution in [-0.2, 0) is 16.2 Å². The van der Waals surface area contributed by atoms with Crippen LogP contribution in [0.4, 0.5) is 0 Å². The van der Waals surface area contributed by atoms with Crippen LogP contribution in [0.5, 0.6) is 0 Å². The summed E-state index contributed by atoms with van der Waals surface area (Å²) in [5.74, 6) is 0. The minimum absolute atomic E-state index is 0.0218. The molecule has 53 heavy (non-hydrogen) atoms. The highest BCUT2D eigenvalue weighted by atomic mass is 15.1. The highest BCUT2D eigenvalue weighted by molar-refractivity contribution is 5.82. The van der Waals surface area contributed by atoms with Crippen molar-refractivity contribution in [3.63, 3.8) is 0 Å². The van der Waals surface area contributed by atoms with Gasteiger partial charge in [0.2, 0.25) is 0 Å². The van der Waals surface area contributed by atoms with Gasteiger partial charge in [0.1, 0.15) is 0 Å². The maximum Gasteiger partial charge on any atom is 0.0215 e. The van der Waals surface area contributed by atoms with Crippen LogP contribution in [0, 0.1) is 0 Å². The minimum Gasteiger partial charge on any atom is -0.304 e. The summed E-state index contributed by atoms with van der Waals surface area (Å²) in [4.78, 5) is 5.16. The van der Waals surface area contributed by atoms with Gasteiger partial charge in [0, 0.05) is 16.2 Å². The lowest BCUT2D eigenvalue weighted by Gasteiger charge is -2.35. The Morgan fingerprint density at radius 1 is 0.415 bits per heavy atom. The first-order valence-electron chi connectivity index (χ1n) is 21.5. The average molecular weight is 713 g/mol. The summed E-state index contributed by atoms with van der Waals surface area (Å²) < 4.78 is 0. The Morgan fingerprint density at radius 3 is 1.13 bits per heavy atom. The topological polar surface area (TPSA) is 6.48 Å². The van der Waals surface area contributed by atoms with Gasteiger partial charge in [-0.2, -0.15) is 0 Å². The van der Waals surface area contributed by atoms with Crippen molar-refractivity contribution in [3.8, 4) is 11.1 Å². The molecule has 5 rings (SSSR count). The summed E-state index contributed by atoms with van der Waals surface area (Å²) in [7, 11) is 0. The number of hydrogen-bond donors (Lipinski definition) is 0. The SMILES string of the molecule is CCN(CC)CCCCCCC1(CCCCCCN(CC)CC)c2cc(C(C)(C)c3ccccc3)ccc2-c2ccc(C(C)(C)c3ccccc3)cc21. The number of unbranched alkanes of at least 4 members (excludes halogenated alkanes) is 6. The van der Waals surface area contributed by atoms with E-state index in [1.165, 1.54) is 111 Å². The van der Waals surface area contributed by atoms with E-state index in [2.05, 4.69) is 162 Å². The molecule has 2 nitrogen and oxygen atoms in total. The fourth-order valence-corrected chi connectivity index (χ4v) is 9.29. The molecule has 0 radical (unpaired) electrons. The number of benzene rings is 4. The van der Waals surface area contributed by atoms with Gasteiger partial charge < -0.3 is 9.80 Å². The van der Waals surface area contributed by atoms with Gasteiger partial charge in [-0.25, -0.2) is 0 Å². The Kier molecular flexibility index (Phi) is 14.6. The Bertz CT molecular complexity index is 1550. The van der Waals surface area contributed by atoms with Crippen molar-refractivity contribution in [1.29, 1.82) is 0 Å². The number of nitrogens with zero attached hydrogens (tertiary/aromatic N) is 2. The zero-order valence-electron chi connectivity index (χ0n) is 34.9. The zero-order valence-corrected chi connectivity index (χ0v) is 34.9. The fraction of sp³-hybridized carbons (Fsp3) is 0.529. The molecule has 0 atom stereocenters. The molecule has 0 amide bonds. The van der Waals surface area contributed by atoms with E-state index < -0.39 is 0 Å². The molecule has 0 unspecified atom stereocenters. The van der Waals surface area contributed by atoms with Crippen LogP contribution in [0.2, 0.25) is 0 Å². The third-order valence-corrected chi connectivity index (χ3v) is 13.2. The van der Waals surface area contributed by atoms with Crippen molar-refractivity contribution in [2.75, 3.05) is 39.3 Å². The molecule has 0 bridgehead atoms. The second-order valence-electron chi connectivity index (χ2n) is 17.0. The molecule has 0 fully saturated rings. The van der Waals surface area contributed by atoms with Gasteiger partial charge in [-0.1, -0.05) is 191 Å². The van der Waals surface area contributed by atoms with Gasteiger partial charge in [-0.15, -0.1) is 0 Å². The van der Waals surface area contributed by atoms with Gasteiger partial charge in [-0.05, 0) is 109 Å². The molecule has 4 aromatic carbocycles. The van der Waals surface area contributed by atoms with Crippen LogP contribution in [0.3, 0.4) is 0 Å². The Hall–Kier alpha value is -3.20. The first-order valence-corrected chi connectivity index (χ1v) is 21.5. The Balaban J connectivity index is 1.54. The van der Waals surface area contributed by atoms with Crippen molar-refractivity contribution in [2.24, 2.45) is 0 Å². The van der Waals surface area contributed by atoms with Crippen molar-refractivity contribution in [2.45, 2.75) is 136 Å². The summed E-state index contributed by atoms with van der Waals surface area (Å²) in [6.07, 6.45) is 12.9.